The number of carbonyl (C=O) groups is 2. The van der Waals surface area contributed by atoms with Gasteiger partial charge in [0.25, 0.3) is 0 Å². The first-order valence-electron chi connectivity index (χ1n) is 3.57. The molecule has 3 N–H and O–H groups in total. The van der Waals surface area contributed by atoms with Gasteiger partial charge in [-0.3, -0.25) is 14.5 Å². The zero-order valence-corrected chi connectivity index (χ0v) is 10.0. The average Bonchev–Trinajstić information content (AvgIpc) is 2.02. The van der Waals surface area contributed by atoms with Crippen LogP contribution in [0.25, 0.3) is 0 Å². The molecule has 6 nitrogen and oxygen atoms in total. The van der Waals surface area contributed by atoms with E-state index in [0.29, 0.717) is 12.7 Å². The number of halogens is 2. The van der Waals surface area contributed by atoms with Crippen LogP contribution in [0.5, 0.6) is 0 Å². The second kappa shape index (κ2) is 12.0. The third-order valence-corrected chi connectivity index (χ3v) is 1.13. The van der Waals surface area contributed by atoms with Crippen LogP contribution in [0.2, 0.25) is 0 Å². The fourth-order valence-corrected chi connectivity index (χ4v) is 0.738. The maximum atomic E-state index is 10.1. The van der Waals surface area contributed by atoms with E-state index in [0.717, 1.165) is 4.90 Å². The van der Waals surface area contributed by atoms with Crippen molar-refractivity contribution in [2.45, 2.75) is 0 Å². The molecule has 0 aliphatic heterocycles. The predicted octanol–water partition coefficient (Wildman–Crippen LogP) is -0.174. The molecule has 0 heterocycles. The predicted molar refractivity (Wildman–Crippen MR) is 50.5 cm³/mol. The van der Waals surface area contributed by atoms with Crippen LogP contribution >= 0.6 is 20.4 Å². The molecule has 0 saturated heterocycles. The number of carboxylic acids is 2. The van der Waals surface area contributed by atoms with Crippen molar-refractivity contribution in [3.05, 3.63) is 0 Å². The molecule has 0 spiro atoms. The van der Waals surface area contributed by atoms with Gasteiger partial charge in [-0.15, -0.1) is 0 Å². The quantitative estimate of drug-likeness (QED) is 0.589. The van der Waals surface area contributed by atoms with E-state index in [2.05, 4.69) is 0 Å². The summed E-state index contributed by atoms with van der Waals surface area (Å²) < 4.78 is 0. The first-order valence-corrected chi connectivity index (χ1v) is 6.28. The SMILES string of the molecule is O=C(O)CN(CCO)CC(=O)O.[Cl][Ni][Cl]. The van der Waals surface area contributed by atoms with Crippen LogP contribution in [0.1, 0.15) is 0 Å². The molecule has 0 aromatic heterocycles. The molecule has 0 aliphatic carbocycles. The van der Waals surface area contributed by atoms with Crippen LogP contribution in [0.4, 0.5) is 0 Å². The Morgan fingerprint density at radius 1 is 1.13 bits per heavy atom. The average molecular weight is 307 g/mol. The van der Waals surface area contributed by atoms with E-state index in [1.54, 1.807) is 0 Å². The summed E-state index contributed by atoms with van der Waals surface area (Å²) in [5, 5.41) is 25.0. The van der Waals surface area contributed by atoms with Gasteiger partial charge in [-0.1, -0.05) is 0 Å². The van der Waals surface area contributed by atoms with E-state index in [1.807, 2.05) is 0 Å². The molecular weight excluding hydrogens is 296 g/mol. The van der Waals surface area contributed by atoms with Crippen LogP contribution in [0.15, 0.2) is 0 Å². The van der Waals surface area contributed by atoms with Gasteiger partial charge in [0.15, 0.2) is 0 Å². The van der Waals surface area contributed by atoms with Crippen LogP contribution in [-0.4, -0.2) is 58.4 Å². The number of hydrogen-bond acceptors (Lipinski definition) is 4. The minimum absolute atomic E-state index is 0.0542. The van der Waals surface area contributed by atoms with Crippen molar-refractivity contribution in [3.8, 4) is 0 Å². The Morgan fingerprint density at radius 2 is 1.47 bits per heavy atom. The minimum atomic E-state index is -1.11. The Balaban J connectivity index is 0. The number of nitrogens with zero attached hydrogens (tertiary/aromatic N) is 1. The molecule has 0 radical (unpaired) electrons. The van der Waals surface area contributed by atoms with Crippen LogP contribution in [0.3, 0.4) is 0 Å². The molecular formula is C6H11Cl2NNiO5. The van der Waals surface area contributed by atoms with E-state index in [4.69, 9.17) is 35.7 Å². The third kappa shape index (κ3) is 16.6. The number of rotatable bonds is 6. The van der Waals surface area contributed by atoms with Gasteiger partial charge in [0.2, 0.25) is 0 Å². The fourth-order valence-electron chi connectivity index (χ4n) is 0.738. The van der Waals surface area contributed by atoms with Crippen molar-refractivity contribution in [1.82, 2.24) is 4.90 Å². The Labute approximate surface area is 101 Å². The zero-order chi connectivity index (χ0) is 12.3. The van der Waals surface area contributed by atoms with Gasteiger partial charge in [0.05, 0.1) is 19.7 Å². The first-order chi connectivity index (χ1) is 6.97. The molecule has 0 rings (SSSR count). The van der Waals surface area contributed by atoms with Crippen molar-refractivity contribution in [2.24, 2.45) is 0 Å². The Kier molecular flexibility index (Phi) is 13.9. The number of carboxylic acid groups (broad SMARTS) is 2. The van der Waals surface area contributed by atoms with E-state index >= 15 is 0 Å². The van der Waals surface area contributed by atoms with Gasteiger partial charge < -0.3 is 15.3 Å². The zero-order valence-electron chi connectivity index (χ0n) is 7.51. The summed E-state index contributed by atoms with van der Waals surface area (Å²) in [5.41, 5.74) is 0. The molecule has 0 aromatic carbocycles. The summed E-state index contributed by atoms with van der Waals surface area (Å²) in [6, 6.07) is 0. The first kappa shape index (κ1) is 17.3. The molecule has 0 fully saturated rings. The van der Waals surface area contributed by atoms with Crippen molar-refractivity contribution < 1.29 is 37.6 Å². The number of aliphatic hydroxyl groups excluding tert-OH is 1. The number of aliphatic carboxylic acids is 2. The summed E-state index contributed by atoms with van der Waals surface area (Å²) in [7, 11) is 9.40. The second-order valence-electron chi connectivity index (χ2n) is 2.27. The standard InChI is InChI=1S/C6H11NO5.2ClH.Ni/c8-2-1-7(3-5(9)10)4-6(11)12;;;/h8H,1-4H2,(H,9,10)(H,11,12);2*1H;/q;;;+2/p-2. The fraction of sp³-hybridized carbons (Fsp3) is 0.667. The van der Waals surface area contributed by atoms with Gasteiger partial charge in [-0.05, 0) is 0 Å². The second-order valence-corrected chi connectivity index (χ2v) is 3.90. The molecule has 15 heavy (non-hydrogen) atoms. The summed E-state index contributed by atoms with van der Waals surface area (Å²) in [6.07, 6.45) is 0. The Bertz CT molecular complexity index is 178. The third-order valence-electron chi connectivity index (χ3n) is 1.13. The van der Waals surface area contributed by atoms with Gasteiger partial charge in [-0.25, -0.2) is 0 Å². The normalized spacial score (nSPS) is 9.60. The van der Waals surface area contributed by atoms with Crippen LogP contribution < -0.4 is 0 Å². The molecule has 0 bridgehead atoms. The van der Waals surface area contributed by atoms with Crippen molar-refractivity contribution in [3.63, 3.8) is 0 Å². The topological polar surface area (TPSA) is 98.1 Å². The molecule has 0 unspecified atom stereocenters. The molecule has 0 aromatic rings. The molecule has 0 saturated carbocycles. The molecule has 94 valence electrons. The summed E-state index contributed by atoms with van der Waals surface area (Å²) in [5.74, 6) is -2.21. The molecule has 0 aliphatic rings. The van der Waals surface area contributed by atoms with E-state index in [9.17, 15) is 9.59 Å². The maximum absolute atomic E-state index is 10.1. The van der Waals surface area contributed by atoms with Gasteiger partial charge in [0.1, 0.15) is 0 Å². The molecule has 0 atom stereocenters. The van der Waals surface area contributed by atoms with Crippen molar-refractivity contribution in [1.29, 1.82) is 0 Å². The van der Waals surface area contributed by atoms with Gasteiger partial charge in [-0.2, -0.15) is 0 Å². The summed E-state index contributed by atoms with van der Waals surface area (Å²) in [4.78, 5) is 21.4. The monoisotopic (exact) mass is 305 g/mol. The molecule has 9 heteroatoms. The Hall–Kier alpha value is -0.0665. The number of hydrogen-bond donors (Lipinski definition) is 3. The van der Waals surface area contributed by atoms with Crippen LogP contribution in [-0.2, 0) is 22.2 Å². The van der Waals surface area contributed by atoms with Crippen LogP contribution in [0, 0.1) is 0 Å². The molecule has 0 amide bonds. The summed E-state index contributed by atoms with van der Waals surface area (Å²) in [6.45, 7) is -0.932. The number of aliphatic hydroxyl groups is 1. The van der Waals surface area contributed by atoms with E-state index < -0.39 is 11.9 Å². The van der Waals surface area contributed by atoms with Gasteiger partial charge in [0, 0.05) is 6.54 Å². The van der Waals surface area contributed by atoms with Crippen molar-refractivity contribution >= 4 is 32.3 Å². The summed E-state index contributed by atoms with van der Waals surface area (Å²) >= 11 is 0.569. The van der Waals surface area contributed by atoms with E-state index in [1.165, 1.54) is 0 Å². The Morgan fingerprint density at radius 3 is 1.67 bits per heavy atom. The van der Waals surface area contributed by atoms with Gasteiger partial charge >= 0.3 is 45.0 Å². The van der Waals surface area contributed by atoms with E-state index in [-0.39, 0.29) is 26.2 Å². The van der Waals surface area contributed by atoms with Crippen molar-refractivity contribution in [2.75, 3.05) is 26.2 Å².